The highest BCUT2D eigenvalue weighted by atomic mass is 16.4. The van der Waals surface area contributed by atoms with Crippen molar-refractivity contribution >= 4 is 16.9 Å². The van der Waals surface area contributed by atoms with E-state index in [2.05, 4.69) is 34.9 Å². The molecular weight excluding hydrogens is 396 g/mol. The molecule has 0 bridgehead atoms. The number of H-pyrrole nitrogens is 1. The number of hydrogen-bond donors (Lipinski definition) is 2. The molecule has 4 nitrogen and oxygen atoms in total. The van der Waals surface area contributed by atoms with Crippen LogP contribution in [0.3, 0.4) is 0 Å². The van der Waals surface area contributed by atoms with Gasteiger partial charge in [0.1, 0.15) is 0 Å². The van der Waals surface area contributed by atoms with E-state index in [1.165, 1.54) is 52.4 Å². The van der Waals surface area contributed by atoms with E-state index in [-0.39, 0.29) is 0 Å². The number of piperidine rings is 1. The summed E-state index contributed by atoms with van der Waals surface area (Å²) < 4.78 is 0. The number of aromatic carboxylic acids is 1. The number of rotatable bonds is 6. The van der Waals surface area contributed by atoms with Gasteiger partial charge in [-0.3, -0.25) is 4.90 Å². The van der Waals surface area contributed by atoms with Crippen molar-refractivity contribution in [2.75, 3.05) is 6.54 Å². The lowest BCUT2D eigenvalue weighted by Gasteiger charge is -2.40. The lowest BCUT2D eigenvalue weighted by Crippen LogP contribution is -2.37. The van der Waals surface area contributed by atoms with Gasteiger partial charge in [0, 0.05) is 36.1 Å². The molecule has 2 unspecified atom stereocenters. The number of fused-ring (bicyclic) bond motifs is 1. The number of benzene rings is 2. The Morgan fingerprint density at radius 3 is 2.66 bits per heavy atom. The number of aromatic nitrogens is 1. The molecule has 32 heavy (non-hydrogen) atoms. The van der Waals surface area contributed by atoms with Gasteiger partial charge in [0.15, 0.2) is 0 Å². The SMILES string of the molecule is C#CCc1cc(C)c2[nH]ccc2c1CN1CCC(C2CC2)CC1c1ccc(C(=O)O)cc1. The molecule has 2 atom stereocenters. The van der Waals surface area contributed by atoms with E-state index in [0.29, 0.717) is 18.0 Å². The molecule has 4 heteroatoms. The molecule has 2 aromatic carbocycles. The summed E-state index contributed by atoms with van der Waals surface area (Å²) in [7, 11) is 0. The van der Waals surface area contributed by atoms with Crippen LogP contribution in [0.4, 0.5) is 0 Å². The van der Waals surface area contributed by atoms with Gasteiger partial charge in [-0.2, -0.15) is 0 Å². The van der Waals surface area contributed by atoms with Crippen LogP contribution in [0, 0.1) is 31.1 Å². The van der Waals surface area contributed by atoms with Gasteiger partial charge in [-0.15, -0.1) is 12.3 Å². The number of carboxylic acids is 1. The van der Waals surface area contributed by atoms with Gasteiger partial charge in [0.05, 0.1) is 5.56 Å². The van der Waals surface area contributed by atoms with Gasteiger partial charge in [0.25, 0.3) is 0 Å². The second-order valence-corrected chi connectivity index (χ2v) is 9.51. The summed E-state index contributed by atoms with van der Waals surface area (Å²) in [5, 5.41) is 10.6. The Bertz CT molecular complexity index is 1180. The quantitative estimate of drug-likeness (QED) is 0.496. The van der Waals surface area contributed by atoms with Crippen LogP contribution in [0.15, 0.2) is 42.6 Å². The van der Waals surface area contributed by atoms with Crippen molar-refractivity contribution in [3.63, 3.8) is 0 Å². The molecule has 3 aromatic rings. The molecule has 1 saturated heterocycles. The van der Waals surface area contributed by atoms with Gasteiger partial charge in [-0.1, -0.05) is 18.2 Å². The van der Waals surface area contributed by atoms with Crippen LogP contribution in [-0.2, 0) is 13.0 Å². The van der Waals surface area contributed by atoms with E-state index in [9.17, 15) is 9.90 Å². The molecule has 2 fully saturated rings. The average molecular weight is 427 g/mol. The average Bonchev–Trinajstić information content (AvgIpc) is 3.52. The van der Waals surface area contributed by atoms with E-state index >= 15 is 0 Å². The van der Waals surface area contributed by atoms with Crippen molar-refractivity contribution in [1.29, 1.82) is 0 Å². The molecule has 164 valence electrons. The Hall–Kier alpha value is -3.03. The van der Waals surface area contributed by atoms with Crippen molar-refractivity contribution in [3.05, 3.63) is 70.4 Å². The number of aryl methyl sites for hydroxylation is 1. The van der Waals surface area contributed by atoms with E-state index < -0.39 is 5.97 Å². The van der Waals surface area contributed by atoms with Crippen molar-refractivity contribution in [1.82, 2.24) is 9.88 Å². The summed E-state index contributed by atoms with van der Waals surface area (Å²) in [5.74, 6) is 3.63. The highest BCUT2D eigenvalue weighted by Crippen LogP contribution is 2.47. The van der Waals surface area contributed by atoms with Crippen molar-refractivity contribution < 1.29 is 9.90 Å². The molecule has 0 radical (unpaired) electrons. The second-order valence-electron chi connectivity index (χ2n) is 9.51. The summed E-state index contributed by atoms with van der Waals surface area (Å²) in [6.45, 7) is 4.05. The minimum atomic E-state index is -0.874. The first-order valence-corrected chi connectivity index (χ1v) is 11.6. The molecule has 1 saturated carbocycles. The summed E-state index contributed by atoms with van der Waals surface area (Å²) in [5.41, 5.74) is 6.54. The van der Waals surface area contributed by atoms with Crippen molar-refractivity contribution in [2.24, 2.45) is 11.8 Å². The smallest absolute Gasteiger partial charge is 0.335 e. The maximum atomic E-state index is 11.3. The van der Waals surface area contributed by atoms with Gasteiger partial charge < -0.3 is 10.1 Å². The summed E-state index contributed by atoms with van der Waals surface area (Å²) in [4.78, 5) is 17.3. The predicted molar refractivity (Wildman–Crippen MR) is 128 cm³/mol. The second kappa shape index (κ2) is 8.48. The molecule has 0 amide bonds. The monoisotopic (exact) mass is 426 g/mol. The highest BCUT2D eigenvalue weighted by Gasteiger charge is 2.38. The van der Waals surface area contributed by atoms with E-state index in [1.54, 1.807) is 12.1 Å². The first kappa shape index (κ1) is 20.8. The van der Waals surface area contributed by atoms with Crippen LogP contribution in [0.2, 0.25) is 0 Å². The number of carbonyl (C=O) groups is 1. The zero-order valence-corrected chi connectivity index (χ0v) is 18.6. The third-order valence-corrected chi connectivity index (χ3v) is 7.48. The highest BCUT2D eigenvalue weighted by molar-refractivity contribution is 5.88. The number of nitrogens with zero attached hydrogens (tertiary/aromatic N) is 1. The Kier molecular flexibility index (Phi) is 5.53. The lowest BCUT2D eigenvalue weighted by molar-refractivity contribution is 0.0696. The van der Waals surface area contributed by atoms with Crippen LogP contribution in [0.25, 0.3) is 10.9 Å². The number of likely N-dealkylation sites (tertiary alicyclic amines) is 1. The number of aromatic amines is 1. The molecular formula is C28H30N2O2. The first-order valence-electron chi connectivity index (χ1n) is 11.6. The van der Waals surface area contributed by atoms with Crippen LogP contribution in [0.5, 0.6) is 0 Å². The van der Waals surface area contributed by atoms with Crippen LogP contribution in [-0.4, -0.2) is 27.5 Å². The normalized spacial score (nSPS) is 21.5. The fraction of sp³-hybridized carbons (Fsp3) is 0.393. The standard InChI is InChI=1S/C28H30N2O2/c1-3-4-23-15-18(2)27-24(11-13-29-27)25(23)17-30-14-12-22(19-5-6-19)16-26(30)20-7-9-21(10-8-20)28(31)32/h1,7-11,13,15,19,22,26,29H,4-6,12,14,16-17H2,2H3,(H,31,32). The van der Waals surface area contributed by atoms with Crippen molar-refractivity contribution in [3.8, 4) is 12.3 Å². The Labute approximate surface area is 189 Å². The van der Waals surface area contributed by atoms with Gasteiger partial charge in [0.2, 0.25) is 0 Å². The fourth-order valence-electron chi connectivity index (χ4n) is 5.62. The van der Waals surface area contributed by atoms with Crippen LogP contribution < -0.4 is 0 Å². The zero-order chi connectivity index (χ0) is 22.2. The largest absolute Gasteiger partial charge is 0.478 e. The molecule has 0 spiro atoms. The molecule has 2 N–H and O–H groups in total. The lowest BCUT2D eigenvalue weighted by atomic mass is 9.83. The van der Waals surface area contributed by atoms with Crippen LogP contribution in [0.1, 0.15) is 64.3 Å². The molecule has 1 aliphatic heterocycles. The van der Waals surface area contributed by atoms with Gasteiger partial charge in [-0.05, 0) is 91.4 Å². The zero-order valence-electron chi connectivity index (χ0n) is 18.6. The molecule has 5 rings (SSSR count). The van der Waals surface area contributed by atoms with E-state index in [4.69, 9.17) is 6.42 Å². The van der Waals surface area contributed by atoms with E-state index in [0.717, 1.165) is 31.3 Å². The maximum Gasteiger partial charge on any atom is 0.335 e. The number of nitrogens with one attached hydrogen (secondary N) is 1. The maximum absolute atomic E-state index is 11.3. The summed E-state index contributed by atoms with van der Waals surface area (Å²) in [6, 6.07) is 12.2. The van der Waals surface area contributed by atoms with Gasteiger partial charge >= 0.3 is 5.97 Å². The molecule has 2 aliphatic rings. The minimum Gasteiger partial charge on any atom is -0.478 e. The van der Waals surface area contributed by atoms with E-state index in [1.807, 2.05) is 18.3 Å². The Balaban J connectivity index is 1.50. The topological polar surface area (TPSA) is 56.3 Å². The number of hydrogen-bond acceptors (Lipinski definition) is 2. The summed E-state index contributed by atoms with van der Waals surface area (Å²) in [6.07, 6.45) is 13.5. The summed E-state index contributed by atoms with van der Waals surface area (Å²) >= 11 is 0. The molecule has 2 heterocycles. The molecule has 1 aromatic heterocycles. The van der Waals surface area contributed by atoms with Crippen molar-refractivity contribution in [2.45, 2.75) is 51.6 Å². The number of carboxylic acid groups (broad SMARTS) is 1. The Morgan fingerprint density at radius 1 is 1.19 bits per heavy atom. The third kappa shape index (κ3) is 3.94. The first-order chi connectivity index (χ1) is 15.5. The third-order valence-electron chi connectivity index (χ3n) is 7.48. The van der Waals surface area contributed by atoms with Crippen LogP contribution >= 0.6 is 0 Å². The molecule has 1 aliphatic carbocycles. The Morgan fingerprint density at radius 2 is 1.97 bits per heavy atom. The predicted octanol–water partition coefficient (Wildman–Crippen LogP) is 5.71. The van der Waals surface area contributed by atoms with Gasteiger partial charge in [-0.25, -0.2) is 4.79 Å². The fourth-order valence-corrected chi connectivity index (χ4v) is 5.62. The number of terminal acetylenes is 1. The minimum absolute atomic E-state index is 0.297.